The summed E-state index contributed by atoms with van der Waals surface area (Å²) in [6.45, 7) is 2.52. The van der Waals surface area contributed by atoms with Crippen molar-refractivity contribution in [3.05, 3.63) is 82.2 Å². The maximum atomic E-state index is 13.2. The van der Waals surface area contributed by atoms with E-state index in [1.165, 1.54) is 5.57 Å². The van der Waals surface area contributed by atoms with E-state index in [9.17, 15) is 4.79 Å². The van der Waals surface area contributed by atoms with Gasteiger partial charge in [0, 0.05) is 21.7 Å². The Hall–Kier alpha value is -2.92. The lowest BCUT2D eigenvalue weighted by Gasteiger charge is -2.67. The second kappa shape index (κ2) is 6.35. The average molecular weight is 458 g/mol. The number of ether oxygens (including phenoxy) is 1. The van der Waals surface area contributed by atoms with E-state index in [0.29, 0.717) is 23.2 Å². The summed E-state index contributed by atoms with van der Waals surface area (Å²) in [5.41, 5.74) is 3.56. The van der Waals surface area contributed by atoms with Crippen LogP contribution in [0.25, 0.3) is 5.76 Å². The van der Waals surface area contributed by atoms with E-state index in [1.54, 1.807) is 6.07 Å². The SMILES string of the molecule is Cc1cccc(C(=O)NC23CC4=CC5CC(C6=NCC=C(c7ccc(Cl)cc7)O6)(C2)CC453)n1. The molecule has 4 atom stereocenters. The van der Waals surface area contributed by atoms with Crippen LogP contribution in [-0.2, 0) is 4.74 Å². The monoisotopic (exact) mass is 457 g/mol. The van der Waals surface area contributed by atoms with Crippen LogP contribution in [0.2, 0.25) is 5.02 Å². The summed E-state index contributed by atoms with van der Waals surface area (Å²) in [6.07, 6.45) is 8.30. The molecule has 6 heteroatoms. The fourth-order valence-electron chi connectivity index (χ4n) is 7.38. The minimum atomic E-state index is -0.226. The van der Waals surface area contributed by atoms with Gasteiger partial charge in [-0.25, -0.2) is 4.98 Å². The molecular weight excluding hydrogens is 434 g/mol. The Morgan fingerprint density at radius 2 is 2.03 bits per heavy atom. The van der Waals surface area contributed by atoms with Gasteiger partial charge in [-0.15, -0.1) is 0 Å². The standard InChI is InChI=1S/C27H24ClN3O2/c1-16-3-2-4-21(30-16)23(32)31-26-13-19-11-18-12-25(14-26,15-27(18,19)26)24-29-10-9-22(33-24)17-5-7-20(28)8-6-17/h2-9,11,18H,10,12-15H2,1H3,(H,31,32). The van der Waals surface area contributed by atoms with Crippen molar-refractivity contribution in [2.45, 2.75) is 38.1 Å². The summed E-state index contributed by atoms with van der Waals surface area (Å²) in [4.78, 5) is 22.5. The zero-order valence-electron chi connectivity index (χ0n) is 18.4. The Morgan fingerprint density at radius 1 is 1.18 bits per heavy atom. The summed E-state index contributed by atoms with van der Waals surface area (Å²) in [5.74, 6) is 2.09. The van der Waals surface area contributed by atoms with Crippen LogP contribution in [0.15, 0.2) is 65.2 Å². The first kappa shape index (κ1) is 19.5. The lowest BCUT2D eigenvalue weighted by atomic mass is 9.41. The molecule has 5 nitrogen and oxygen atoms in total. The molecule has 5 aliphatic rings. The summed E-state index contributed by atoms with van der Waals surface area (Å²) < 4.78 is 6.48. The molecule has 0 saturated heterocycles. The van der Waals surface area contributed by atoms with E-state index < -0.39 is 0 Å². The smallest absolute Gasteiger partial charge is 0.270 e. The third-order valence-corrected chi connectivity index (χ3v) is 8.85. The fraction of sp³-hybridized carbons (Fsp3) is 0.370. The van der Waals surface area contributed by atoms with E-state index in [-0.39, 0.29) is 22.3 Å². The number of amides is 1. The number of nitrogens with one attached hydrogen (secondary N) is 1. The van der Waals surface area contributed by atoms with E-state index in [1.807, 2.05) is 49.4 Å². The first-order valence-electron chi connectivity index (χ1n) is 11.6. The van der Waals surface area contributed by atoms with E-state index in [4.69, 9.17) is 21.3 Å². The third-order valence-electron chi connectivity index (χ3n) is 8.60. The quantitative estimate of drug-likeness (QED) is 0.649. The summed E-state index contributed by atoms with van der Waals surface area (Å²) in [5, 5.41) is 4.16. The highest BCUT2D eigenvalue weighted by molar-refractivity contribution is 6.30. The van der Waals surface area contributed by atoms with Crippen LogP contribution in [0.5, 0.6) is 0 Å². The molecule has 1 aromatic carbocycles. The first-order valence-corrected chi connectivity index (χ1v) is 12.0. The molecule has 0 radical (unpaired) electrons. The number of carbonyl (C=O) groups is 1. The van der Waals surface area contributed by atoms with Crippen molar-refractivity contribution in [2.75, 3.05) is 6.54 Å². The molecule has 2 bridgehead atoms. The first-order chi connectivity index (χ1) is 15.9. The molecule has 2 aromatic rings. The Balaban J connectivity index is 1.18. The molecular formula is C27H24ClN3O2. The van der Waals surface area contributed by atoms with Gasteiger partial charge in [0.1, 0.15) is 11.5 Å². The highest BCUT2D eigenvalue weighted by Gasteiger charge is 2.82. The van der Waals surface area contributed by atoms with Crippen LogP contribution in [-0.4, -0.2) is 28.9 Å². The van der Waals surface area contributed by atoms with Crippen molar-refractivity contribution >= 4 is 29.2 Å². The van der Waals surface area contributed by atoms with Gasteiger partial charge in [-0.1, -0.05) is 29.3 Å². The Kier molecular flexibility index (Phi) is 3.76. The van der Waals surface area contributed by atoms with Gasteiger partial charge in [0.15, 0.2) is 5.90 Å². The number of allylic oxidation sites excluding steroid dienone is 1. The number of rotatable bonds is 4. The second-order valence-electron chi connectivity index (χ2n) is 10.3. The second-order valence-corrected chi connectivity index (χ2v) is 10.7. The van der Waals surface area contributed by atoms with Crippen molar-refractivity contribution < 1.29 is 9.53 Å². The van der Waals surface area contributed by atoms with Gasteiger partial charge in [0.05, 0.1) is 17.5 Å². The number of aromatic nitrogens is 1. The molecule has 3 fully saturated rings. The summed E-state index contributed by atoms with van der Waals surface area (Å²) in [7, 11) is 0. The summed E-state index contributed by atoms with van der Waals surface area (Å²) in [6, 6.07) is 13.3. The molecule has 166 valence electrons. The molecule has 1 amide bonds. The predicted molar refractivity (Wildman–Crippen MR) is 127 cm³/mol. The Bertz CT molecular complexity index is 1310. The highest BCUT2D eigenvalue weighted by atomic mass is 35.5. The van der Waals surface area contributed by atoms with Crippen LogP contribution in [0.3, 0.4) is 0 Å². The van der Waals surface area contributed by atoms with Crippen LogP contribution in [0.4, 0.5) is 0 Å². The van der Waals surface area contributed by atoms with Gasteiger partial charge in [0.2, 0.25) is 0 Å². The van der Waals surface area contributed by atoms with E-state index >= 15 is 0 Å². The zero-order valence-corrected chi connectivity index (χ0v) is 19.2. The van der Waals surface area contributed by atoms with Gasteiger partial charge in [0.25, 0.3) is 5.91 Å². The minimum absolute atomic E-state index is 0.0694. The number of nitrogens with zero attached hydrogens (tertiary/aromatic N) is 2. The number of aryl methyl sites for hydroxylation is 1. The van der Waals surface area contributed by atoms with Crippen LogP contribution in [0, 0.1) is 23.7 Å². The number of aliphatic imine (C=N–C) groups is 1. The molecule has 4 unspecified atom stereocenters. The number of hydrogen-bond acceptors (Lipinski definition) is 4. The normalized spacial score (nSPS) is 34.7. The Morgan fingerprint density at radius 3 is 2.82 bits per heavy atom. The van der Waals surface area contributed by atoms with Gasteiger partial charge in [-0.3, -0.25) is 9.79 Å². The molecule has 1 aromatic heterocycles. The number of hydrogen-bond donors (Lipinski definition) is 1. The highest BCUT2D eigenvalue weighted by Crippen LogP contribution is 2.83. The maximum absolute atomic E-state index is 13.2. The average Bonchev–Trinajstić information content (AvgIpc) is 3.26. The topological polar surface area (TPSA) is 63.6 Å². The van der Waals surface area contributed by atoms with Crippen molar-refractivity contribution in [3.63, 3.8) is 0 Å². The van der Waals surface area contributed by atoms with Crippen molar-refractivity contribution in [1.82, 2.24) is 10.3 Å². The molecule has 33 heavy (non-hydrogen) atoms. The Labute approximate surface area is 197 Å². The molecule has 4 aliphatic carbocycles. The number of pyridine rings is 1. The van der Waals surface area contributed by atoms with Gasteiger partial charge >= 0.3 is 0 Å². The zero-order chi connectivity index (χ0) is 22.4. The lowest BCUT2D eigenvalue weighted by molar-refractivity contribution is -0.00471. The van der Waals surface area contributed by atoms with Crippen LogP contribution >= 0.6 is 11.6 Å². The van der Waals surface area contributed by atoms with Gasteiger partial charge in [-0.2, -0.15) is 0 Å². The predicted octanol–water partition coefficient (Wildman–Crippen LogP) is 5.11. The molecule has 1 aliphatic heterocycles. The molecule has 3 saturated carbocycles. The maximum Gasteiger partial charge on any atom is 0.270 e. The van der Waals surface area contributed by atoms with Gasteiger partial charge < -0.3 is 10.1 Å². The van der Waals surface area contributed by atoms with Crippen LogP contribution in [0.1, 0.15) is 47.4 Å². The molecule has 1 N–H and O–H groups in total. The van der Waals surface area contributed by atoms with Crippen molar-refractivity contribution in [2.24, 2.45) is 21.7 Å². The number of carbonyl (C=O) groups excluding carboxylic acids is 1. The molecule has 2 heterocycles. The summed E-state index contributed by atoms with van der Waals surface area (Å²) >= 11 is 6.07. The number of halogens is 1. The van der Waals surface area contributed by atoms with Crippen molar-refractivity contribution in [1.29, 1.82) is 0 Å². The van der Waals surface area contributed by atoms with Gasteiger partial charge in [-0.05, 0) is 81.0 Å². The minimum Gasteiger partial charge on any atom is -0.442 e. The lowest BCUT2D eigenvalue weighted by Crippen LogP contribution is -2.72. The molecule has 7 rings (SSSR count). The largest absolute Gasteiger partial charge is 0.442 e. The van der Waals surface area contributed by atoms with Crippen molar-refractivity contribution in [3.8, 4) is 0 Å². The van der Waals surface area contributed by atoms with E-state index in [2.05, 4.69) is 16.4 Å². The number of fused-ring (bicyclic) bond motifs is 1. The molecule has 1 spiro atoms. The third kappa shape index (κ3) is 2.46. The van der Waals surface area contributed by atoms with Crippen LogP contribution < -0.4 is 5.32 Å². The number of benzene rings is 1. The van der Waals surface area contributed by atoms with E-state index in [0.717, 1.165) is 48.6 Å². The fourth-order valence-corrected chi connectivity index (χ4v) is 7.51.